The standard InChI is InChI=1S/C23H25FN2O5S2/c1-29-20-7-6-17(14-21(20)30-2)16-25-10-12-26(13-11-25)22-8-9-23(32-22)31-33(27,28)19-5-3-4-18(24)15-19/h3-9,14-15H,10-13,16H2,1-2H3. The fourth-order valence-corrected chi connectivity index (χ4v) is 5.73. The maximum absolute atomic E-state index is 13.4. The molecule has 0 aliphatic carbocycles. The van der Waals surface area contributed by atoms with Crippen molar-refractivity contribution in [2.24, 2.45) is 0 Å². The Kier molecular flexibility index (Phi) is 7.06. The van der Waals surface area contributed by atoms with E-state index in [0.29, 0.717) is 11.5 Å². The van der Waals surface area contributed by atoms with Gasteiger partial charge in [0.2, 0.25) is 0 Å². The van der Waals surface area contributed by atoms with Crippen LogP contribution < -0.4 is 18.6 Å². The lowest BCUT2D eigenvalue weighted by atomic mass is 10.1. The summed E-state index contributed by atoms with van der Waals surface area (Å²) in [6.07, 6.45) is 0. The van der Waals surface area contributed by atoms with Gasteiger partial charge in [-0.15, -0.1) is 0 Å². The van der Waals surface area contributed by atoms with Crippen LogP contribution in [-0.4, -0.2) is 53.7 Å². The van der Waals surface area contributed by atoms with Gasteiger partial charge in [0.15, 0.2) is 16.6 Å². The molecule has 0 spiro atoms. The second-order valence-electron chi connectivity index (χ2n) is 7.54. The number of thiophene rings is 1. The number of hydrogen-bond acceptors (Lipinski definition) is 8. The molecule has 2 heterocycles. The lowest BCUT2D eigenvalue weighted by molar-refractivity contribution is 0.249. The number of halogens is 1. The third kappa shape index (κ3) is 5.58. The highest BCUT2D eigenvalue weighted by Crippen LogP contribution is 2.34. The van der Waals surface area contributed by atoms with E-state index >= 15 is 0 Å². The molecule has 4 rings (SSSR count). The summed E-state index contributed by atoms with van der Waals surface area (Å²) in [6.45, 7) is 4.15. The van der Waals surface area contributed by atoms with Crippen LogP contribution in [0.25, 0.3) is 0 Å². The molecule has 0 atom stereocenters. The van der Waals surface area contributed by atoms with E-state index in [4.69, 9.17) is 13.7 Å². The molecule has 1 saturated heterocycles. The molecule has 1 fully saturated rings. The predicted molar refractivity (Wildman–Crippen MR) is 126 cm³/mol. The Morgan fingerprint density at radius 1 is 0.939 bits per heavy atom. The van der Waals surface area contributed by atoms with Crippen molar-refractivity contribution >= 4 is 26.5 Å². The molecule has 3 aromatic rings. The van der Waals surface area contributed by atoms with Gasteiger partial charge in [0.05, 0.1) is 19.2 Å². The number of anilines is 1. The quantitative estimate of drug-likeness (QED) is 0.441. The number of ether oxygens (including phenoxy) is 2. The first kappa shape index (κ1) is 23.3. The predicted octanol–water partition coefficient (Wildman–Crippen LogP) is 3.99. The van der Waals surface area contributed by atoms with Gasteiger partial charge in [-0.3, -0.25) is 4.90 Å². The Labute approximate surface area is 197 Å². The van der Waals surface area contributed by atoms with Gasteiger partial charge >= 0.3 is 10.1 Å². The summed E-state index contributed by atoms with van der Waals surface area (Å²) in [5, 5.41) is 1.19. The minimum absolute atomic E-state index is 0.207. The summed E-state index contributed by atoms with van der Waals surface area (Å²) in [5.74, 6) is 0.798. The van der Waals surface area contributed by atoms with Crippen molar-refractivity contribution in [3.8, 4) is 16.6 Å². The summed E-state index contributed by atoms with van der Waals surface area (Å²) in [4.78, 5) is 4.36. The summed E-state index contributed by atoms with van der Waals surface area (Å²) in [5.41, 5.74) is 1.15. The monoisotopic (exact) mass is 492 g/mol. The lowest BCUT2D eigenvalue weighted by Crippen LogP contribution is -2.45. The van der Waals surface area contributed by atoms with Crippen LogP contribution in [0.3, 0.4) is 0 Å². The van der Waals surface area contributed by atoms with Crippen LogP contribution in [0.15, 0.2) is 59.5 Å². The average molecular weight is 493 g/mol. The van der Waals surface area contributed by atoms with Crippen LogP contribution in [0, 0.1) is 5.82 Å². The largest absolute Gasteiger partial charge is 0.493 e. The lowest BCUT2D eigenvalue weighted by Gasteiger charge is -2.35. The maximum atomic E-state index is 13.4. The molecule has 0 unspecified atom stereocenters. The summed E-state index contributed by atoms with van der Waals surface area (Å²) in [6, 6.07) is 14.2. The first-order chi connectivity index (χ1) is 15.9. The Morgan fingerprint density at radius 3 is 2.39 bits per heavy atom. The molecule has 176 valence electrons. The van der Waals surface area contributed by atoms with Crippen LogP contribution in [0.5, 0.6) is 16.6 Å². The summed E-state index contributed by atoms with van der Waals surface area (Å²) >= 11 is 1.26. The molecule has 0 N–H and O–H groups in total. The van der Waals surface area contributed by atoms with Gasteiger partial charge in [-0.1, -0.05) is 23.5 Å². The normalized spacial score (nSPS) is 14.8. The van der Waals surface area contributed by atoms with Gasteiger partial charge in [0.25, 0.3) is 0 Å². The van der Waals surface area contributed by atoms with Crippen molar-refractivity contribution in [1.29, 1.82) is 0 Å². The van der Waals surface area contributed by atoms with Crippen molar-refractivity contribution in [2.45, 2.75) is 11.4 Å². The first-order valence-electron chi connectivity index (χ1n) is 10.4. The number of methoxy groups -OCH3 is 2. The number of piperazine rings is 1. The zero-order chi connectivity index (χ0) is 23.4. The van der Waals surface area contributed by atoms with E-state index in [-0.39, 0.29) is 9.96 Å². The zero-order valence-electron chi connectivity index (χ0n) is 18.4. The van der Waals surface area contributed by atoms with Crippen molar-refractivity contribution in [3.05, 3.63) is 66.0 Å². The SMILES string of the molecule is COc1ccc(CN2CCN(c3ccc(OS(=O)(=O)c4cccc(F)c4)s3)CC2)cc1OC. The molecule has 0 saturated carbocycles. The molecule has 0 radical (unpaired) electrons. The number of hydrogen-bond donors (Lipinski definition) is 0. The zero-order valence-corrected chi connectivity index (χ0v) is 20.0. The molecule has 1 aliphatic rings. The number of benzene rings is 2. The van der Waals surface area contributed by atoms with Gasteiger partial charge in [-0.05, 0) is 48.0 Å². The first-order valence-corrected chi connectivity index (χ1v) is 12.6. The van der Waals surface area contributed by atoms with Crippen LogP contribution in [0.2, 0.25) is 0 Å². The fraction of sp³-hybridized carbons (Fsp3) is 0.304. The van der Waals surface area contributed by atoms with E-state index in [9.17, 15) is 12.8 Å². The minimum atomic E-state index is -4.08. The van der Waals surface area contributed by atoms with E-state index < -0.39 is 15.9 Å². The number of rotatable bonds is 8. The highest BCUT2D eigenvalue weighted by atomic mass is 32.2. The average Bonchev–Trinajstić information content (AvgIpc) is 3.27. The highest BCUT2D eigenvalue weighted by molar-refractivity contribution is 7.87. The van der Waals surface area contributed by atoms with Gasteiger partial charge in [0, 0.05) is 32.7 Å². The smallest absolute Gasteiger partial charge is 0.340 e. The van der Waals surface area contributed by atoms with E-state index in [1.165, 1.54) is 29.5 Å². The van der Waals surface area contributed by atoms with Gasteiger partial charge in [-0.25, -0.2) is 4.39 Å². The Morgan fingerprint density at radius 2 is 1.70 bits per heavy atom. The molecule has 7 nitrogen and oxygen atoms in total. The summed E-state index contributed by atoms with van der Waals surface area (Å²) < 4.78 is 54.1. The van der Waals surface area contributed by atoms with Crippen LogP contribution in [0.4, 0.5) is 9.39 Å². The Balaban J connectivity index is 1.34. The second-order valence-corrected chi connectivity index (χ2v) is 10.1. The van der Waals surface area contributed by atoms with Crippen LogP contribution in [0.1, 0.15) is 5.56 Å². The van der Waals surface area contributed by atoms with Crippen molar-refractivity contribution in [1.82, 2.24) is 4.90 Å². The van der Waals surface area contributed by atoms with E-state index in [0.717, 1.165) is 49.4 Å². The third-order valence-electron chi connectivity index (χ3n) is 5.38. The Bertz CT molecular complexity index is 1210. The van der Waals surface area contributed by atoms with Crippen molar-refractivity contribution in [2.75, 3.05) is 45.3 Å². The van der Waals surface area contributed by atoms with E-state index in [1.54, 1.807) is 20.3 Å². The van der Waals surface area contributed by atoms with Gasteiger partial charge in [0.1, 0.15) is 10.7 Å². The highest BCUT2D eigenvalue weighted by Gasteiger charge is 2.22. The number of nitrogens with zero attached hydrogens (tertiary/aromatic N) is 2. The molecule has 1 aromatic heterocycles. The van der Waals surface area contributed by atoms with Crippen molar-refractivity contribution in [3.63, 3.8) is 0 Å². The molecular formula is C23H25FN2O5S2. The van der Waals surface area contributed by atoms with Crippen LogP contribution in [-0.2, 0) is 16.7 Å². The van der Waals surface area contributed by atoms with Crippen LogP contribution >= 0.6 is 11.3 Å². The fourth-order valence-electron chi connectivity index (χ4n) is 3.67. The third-order valence-corrected chi connectivity index (χ3v) is 7.74. The summed E-state index contributed by atoms with van der Waals surface area (Å²) in [7, 11) is -0.835. The van der Waals surface area contributed by atoms with Crippen molar-refractivity contribution < 1.29 is 26.5 Å². The second kappa shape index (κ2) is 9.98. The molecule has 10 heteroatoms. The maximum Gasteiger partial charge on any atom is 0.340 e. The molecule has 2 aromatic carbocycles. The molecule has 33 heavy (non-hydrogen) atoms. The van der Waals surface area contributed by atoms with E-state index in [1.807, 2.05) is 24.3 Å². The van der Waals surface area contributed by atoms with E-state index in [2.05, 4.69) is 9.80 Å². The Hall–Kier alpha value is -2.82. The van der Waals surface area contributed by atoms with Gasteiger partial charge < -0.3 is 18.6 Å². The molecule has 0 amide bonds. The van der Waals surface area contributed by atoms with Gasteiger partial charge in [-0.2, -0.15) is 8.42 Å². The molecule has 1 aliphatic heterocycles. The minimum Gasteiger partial charge on any atom is -0.493 e. The topological polar surface area (TPSA) is 68.3 Å². The molecule has 0 bridgehead atoms. The molecular weight excluding hydrogens is 467 g/mol.